The monoisotopic (exact) mass is 317 g/mol. The first-order valence-corrected chi connectivity index (χ1v) is 7.97. The molecule has 6 heteroatoms. The predicted molar refractivity (Wildman–Crippen MR) is 86.0 cm³/mol. The fourth-order valence-electron chi connectivity index (χ4n) is 3.63. The van der Waals surface area contributed by atoms with Gasteiger partial charge < -0.3 is 15.0 Å². The van der Waals surface area contributed by atoms with Crippen LogP contribution in [0.5, 0.6) is 5.75 Å². The highest BCUT2D eigenvalue weighted by Gasteiger charge is 2.40. The molecule has 1 aromatic rings. The van der Waals surface area contributed by atoms with Crippen LogP contribution in [-0.4, -0.2) is 60.4 Å². The standard InChI is InChI=1S/C17H23N3O3/c1-12(21)18-14-7-15-10-19(11-17(22)20(15)9-14)8-13-5-3-4-6-16(13)23-2/h3-6,14-15H,7-11H2,1-2H3,(H,18,21). The summed E-state index contributed by atoms with van der Waals surface area (Å²) in [5, 5.41) is 2.93. The second kappa shape index (κ2) is 6.58. The van der Waals surface area contributed by atoms with Gasteiger partial charge in [-0.15, -0.1) is 0 Å². The minimum atomic E-state index is -0.0341. The lowest BCUT2D eigenvalue weighted by Gasteiger charge is -2.37. The van der Waals surface area contributed by atoms with Gasteiger partial charge in [0.25, 0.3) is 0 Å². The molecule has 2 amide bonds. The van der Waals surface area contributed by atoms with Crippen molar-refractivity contribution in [1.29, 1.82) is 0 Å². The normalized spacial score (nSPS) is 24.4. The van der Waals surface area contributed by atoms with E-state index in [0.717, 1.165) is 24.3 Å². The summed E-state index contributed by atoms with van der Waals surface area (Å²) in [6.45, 7) is 4.10. The van der Waals surface area contributed by atoms with Gasteiger partial charge in [-0.2, -0.15) is 0 Å². The number of methoxy groups -OCH3 is 1. The summed E-state index contributed by atoms with van der Waals surface area (Å²) in [6, 6.07) is 8.16. The molecular formula is C17H23N3O3. The molecule has 6 nitrogen and oxygen atoms in total. The lowest BCUT2D eigenvalue weighted by molar-refractivity contribution is -0.138. The zero-order valence-corrected chi connectivity index (χ0v) is 13.6. The molecular weight excluding hydrogens is 294 g/mol. The quantitative estimate of drug-likeness (QED) is 0.884. The van der Waals surface area contributed by atoms with Crippen molar-refractivity contribution in [2.45, 2.75) is 32.0 Å². The van der Waals surface area contributed by atoms with Gasteiger partial charge in [-0.3, -0.25) is 14.5 Å². The van der Waals surface area contributed by atoms with Crippen LogP contribution in [0.3, 0.4) is 0 Å². The largest absolute Gasteiger partial charge is 0.496 e. The molecule has 2 unspecified atom stereocenters. The van der Waals surface area contributed by atoms with Crippen LogP contribution in [0.25, 0.3) is 0 Å². The van der Waals surface area contributed by atoms with Crippen molar-refractivity contribution in [1.82, 2.24) is 15.1 Å². The summed E-state index contributed by atoms with van der Waals surface area (Å²) >= 11 is 0. The summed E-state index contributed by atoms with van der Waals surface area (Å²) in [6.07, 6.45) is 0.827. The number of carbonyl (C=O) groups excluding carboxylic acids is 2. The molecule has 2 fully saturated rings. The number of nitrogens with zero attached hydrogens (tertiary/aromatic N) is 2. The Morgan fingerprint density at radius 3 is 2.87 bits per heavy atom. The Kier molecular flexibility index (Phi) is 4.52. The molecule has 2 atom stereocenters. The Morgan fingerprint density at radius 2 is 2.13 bits per heavy atom. The predicted octanol–water partition coefficient (Wildman–Crippen LogP) is 0.616. The average Bonchev–Trinajstić information content (AvgIpc) is 2.90. The first-order chi connectivity index (χ1) is 11.1. The third kappa shape index (κ3) is 3.47. The maximum atomic E-state index is 12.4. The van der Waals surface area contributed by atoms with Gasteiger partial charge in [-0.1, -0.05) is 18.2 Å². The molecule has 2 heterocycles. The number of hydrogen-bond acceptors (Lipinski definition) is 4. The lowest BCUT2D eigenvalue weighted by atomic mass is 10.1. The molecule has 124 valence electrons. The van der Waals surface area contributed by atoms with Crippen molar-refractivity contribution in [2.24, 2.45) is 0 Å². The van der Waals surface area contributed by atoms with E-state index < -0.39 is 0 Å². The number of para-hydroxylation sites is 1. The lowest BCUT2D eigenvalue weighted by Crippen LogP contribution is -2.53. The van der Waals surface area contributed by atoms with Crippen LogP contribution >= 0.6 is 0 Å². The number of nitrogens with one attached hydrogen (secondary N) is 1. The Bertz CT molecular complexity index is 605. The molecule has 3 rings (SSSR count). The Hall–Kier alpha value is -2.08. The van der Waals surface area contributed by atoms with E-state index in [1.807, 2.05) is 29.2 Å². The second-order valence-corrected chi connectivity index (χ2v) is 6.31. The highest BCUT2D eigenvalue weighted by atomic mass is 16.5. The molecule has 2 saturated heterocycles. The van der Waals surface area contributed by atoms with Crippen LogP contribution in [0.15, 0.2) is 24.3 Å². The van der Waals surface area contributed by atoms with E-state index in [9.17, 15) is 9.59 Å². The van der Waals surface area contributed by atoms with E-state index in [2.05, 4.69) is 10.2 Å². The summed E-state index contributed by atoms with van der Waals surface area (Å²) < 4.78 is 5.39. The number of rotatable bonds is 4. The van der Waals surface area contributed by atoms with E-state index in [1.54, 1.807) is 7.11 Å². The van der Waals surface area contributed by atoms with E-state index >= 15 is 0 Å². The molecule has 1 N–H and O–H groups in total. The zero-order valence-electron chi connectivity index (χ0n) is 13.6. The van der Waals surface area contributed by atoms with Crippen molar-refractivity contribution >= 4 is 11.8 Å². The van der Waals surface area contributed by atoms with E-state index in [4.69, 9.17) is 4.74 Å². The van der Waals surface area contributed by atoms with Crippen molar-refractivity contribution < 1.29 is 14.3 Å². The van der Waals surface area contributed by atoms with Crippen LogP contribution in [0, 0.1) is 0 Å². The van der Waals surface area contributed by atoms with Gasteiger partial charge in [0.15, 0.2) is 0 Å². The van der Waals surface area contributed by atoms with Gasteiger partial charge in [-0.25, -0.2) is 0 Å². The fourth-order valence-corrected chi connectivity index (χ4v) is 3.63. The summed E-state index contributed by atoms with van der Waals surface area (Å²) in [5.41, 5.74) is 1.09. The zero-order chi connectivity index (χ0) is 16.4. The van der Waals surface area contributed by atoms with Gasteiger partial charge in [0.2, 0.25) is 11.8 Å². The number of benzene rings is 1. The smallest absolute Gasteiger partial charge is 0.237 e. The fraction of sp³-hybridized carbons (Fsp3) is 0.529. The molecule has 0 spiro atoms. The van der Waals surface area contributed by atoms with E-state index in [0.29, 0.717) is 19.6 Å². The number of hydrogen-bond donors (Lipinski definition) is 1. The molecule has 0 bridgehead atoms. The first kappa shape index (κ1) is 15.8. The number of fused-ring (bicyclic) bond motifs is 1. The minimum absolute atomic E-state index is 0.0341. The Morgan fingerprint density at radius 1 is 1.35 bits per heavy atom. The highest BCUT2D eigenvalue weighted by Crippen LogP contribution is 2.26. The Balaban J connectivity index is 1.66. The molecule has 0 aliphatic carbocycles. The molecule has 0 radical (unpaired) electrons. The molecule has 23 heavy (non-hydrogen) atoms. The van der Waals surface area contributed by atoms with Gasteiger partial charge in [0.05, 0.1) is 13.7 Å². The number of piperazine rings is 1. The maximum absolute atomic E-state index is 12.4. The van der Waals surface area contributed by atoms with Gasteiger partial charge in [0, 0.05) is 44.2 Å². The van der Waals surface area contributed by atoms with Crippen molar-refractivity contribution in [3.63, 3.8) is 0 Å². The van der Waals surface area contributed by atoms with Crippen molar-refractivity contribution in [3.8, 4) is 5.75 Å². The van der Waals surface area contributed by atoms with Gasteiger partial charge in [-0.05, 0) is 12.5 Å². The topological polar surface area (TPSA) is 61.9 Å². The Labute approximate surface area is 136 Å². The summed E-state index contributed by atoms with van der Waals surface area (Å²) in [7, 11) is 1.66. The molecule has 2 aliphatic heterocycles. The molecule has 2 aliphatic rings. The molecule has 0 saturated carbocycles. The van der Waals surface area contributed by atoms with Gasteiger partial charge >= 0.3 is 0 Å². The van der Waals surface area contributed by atoms with Crippen molar-refractivity contribution in [3.05, 3.63) is 29.8 Å². The van der Waals surface area contributed by atoms with Crippen LogP contribution in [0.1, 0.15) is 18.9 Å². The maximum Gasteiger partial charge on any atom is 0.237 e. The SMILES string of the molecule is COc1ccccc1CN1CC(=O)N2CC(NC(C)=O)CC2C1. The van der Waals surface area contributed by atoms with Crippen LogP contribution < -0.4 is 10.1 Å². The minimum Gasteiger partial charge on any atom is -0.496 e. The van der Waals surface area contributed by atoms with Crippen LogP contribution in [0.2, 0.25) is 0 Å². The first-order valence-electron chi connectivity index (χ1n) is 7.97. The number of ether oxygens (including phenoxy) is 1. The van der Waals surface area contributed by atoms with Gasteiger partial charge in [0.1, 0.15) is 5.75 Å². The third-order valence-corrected chi connectivity index (χ3v) is 4.56. The van der Waals surface area contributed by atoms with E-state index in [-0.39, 0.29) is 23.9 Å². The number of amides is 2. The molecule has 1 aromatic carbocycles. The van der Waals surface area contributed by atoms with Crippen LogP contribution in [0.4, 0.5) is 0 Å². The number of carbonyl (C=O) groups is 2. The summed E-state index contributed by atoms with van der Waals surface area (Å²) in [4.78, 5) is 27.7. The van der Waals surface area contributed by atoms with Crippen LogP contribution in [-0.2, 0) is 16.1 Å². The van der Waals surface area contributed by atoms with Crippen molar-refractivity contribution in [2.75, 3.05) is 26.7 Å². The summed E-state index contributed by atoms with van der Waals surface area (Å²) in [5.74, 6) is 0.960. The van der Waals surface area contributed by atoms with E-state index in [1.165, 1.54) is 6.92 Å². The second-order valence-electron chi connectivity index (χ2n) is 6.31. The molecule has 0 aromatic heterocycles. The highest BCUT2D eigenvalue weighted by molar-refractivity contribution is 5.80. The third-order valence-electron chi connectivity index (χ3n) is 4.56. The average molecular weight is 317 g/mol.